The van der Waals surface area contributed by atoms with Crippen LogP contribution < -0.4 is 0 Å². The largest absolute Gasteiger partial charge is 0.464 e. The second kappa shape index (κ2) is 7.05. The van der Waals surface area contributed by atoms with Crippen molar-refractivity contribution in [2.75, 3.05) is 7.11 Å². The zero-order chi connectivity index (χ0) is 17.1. The van der Waals surface area contributed by atoms with E-state index < -0.39 is 11.3 Å². The number of ether oxygens (including phenoxy) is 1. The van der Waals surface area contributed by atoms with Gasteiger partial charge in [-0.15, -0.1) is 11.6 Å². The van der Waals surface area contributed by atoms with Crippen molar-refractivity contribution in [1.29, 1.82) is 0 Å². The molecule has 1 aromatic carbocycles. The number of hydrogen-bond acceptors (Lipinski definition) is 5. The minimum Gasteiger partial charge on any atom is -0.464 e. The molecule has 0 spiro atoms. The Labute approximate surface area is 144 Å². The van der Waals surface area contributed by atoms with Crippen LogP contribution >= 0.6 is 11.6 Å². The number of oxazole rings is 1. The highest BCUT2D eigenvalue weighted by atomic mass is 35.5. The normalized spacial score (nSPS) is 14.9. The van der Waals surface area contributed by atoms with Gasteiger partial charge in [-0.2, -0.15) is 0 Å². The standard InChI is InChI=1S/C17H17ClN2O4/c1-23-17(22)13-10-24-14(19-13)9-20(12-7-8-12)16(21)15(18)11-5-3-2-4-6-11/h2-6,10,12,15H,7-9H2,1H3. The molecular weight excluding hydrogens is 332 g/mol. The number of amides is 1. The maximum absolute atomic E-state index is 12.8. The zero-order valence-electron chi connectivity index (χ0n) is 13.1. The Bertz CT molecular complexity index is 727. The van der Waals surface area contributed by atoms with Crippen LogP contribution in [0.25, 0.3) is 0 Å². The number of rotatable bonds is 6. The molecule has 1 atom stereocenters. The Hall–Kier alpha value is -2.34. The predicted octanol–water partition coefficient (Wildman–Crippen LogP) is 2.93. The minimum absolute atomic E-state index is 0.0844. The summed E-state index contributed by atoms with van der Waals surface area (Å²) in [5, 5.41) is -0.762. The molecule has 1 aliphatic carbocycles. The number of nitrogens with zero attached hydrogens (tertiary/aromatic N) is 2. The number of benzene rings is 1. The van der Waals surface area contributed by atoms with Crippen molar-refractivity contribution in [2.24, 2.45) is 0 Å². The number of halogens is 1. The van der Waals surface area contributed by atoms with Crippen LogP contribution in [0.2, 0.25) is 0 Å². The summed E-state index contributed by atoms with van der Waals surface area (Å²) in [5.41, 5.74) is 0.832. The molecule has 2 aromatic rings. The van der Waals surface area contributed by atoms with Crippen LogP contribution in [0.4, 0.5) is 0 Å². The lowest BCUT2D eigenvalue weighted by Crippen LogP contribution is -2.35. The fourth-order valence-electron chi connectivity index (χ4n) is 2.41. The number of hydrogen-bond donors (Lipinski definition) is 0. The van der Waals surface area contributed by atoms with E-state index in [0.717, 1.165) is 18.4 Å². The second-order valence-corrected chi connectivity index (χ2v) is 6.03. The fraction of sp³-hybridized carbons (Fsp3) is 0.353. The van der Waals surface area contributed by atoms with Crippen LogP contribution in [0.5, 0.6) is 0 Å². The van der Waals surface area contributed by atoms with Crippen LogP contribution in [0.3, 0.4) is 0 Å². The quantitative estimate of drug-likeness (QED) is 0.593. The zero-order valence-corrected chi connectivity index (χ0v) is 13.9. The van der Waals surface area contributed by atoms with E-state index in [1.165, 1.54) is 13.4 Å². The molecule has 0 aliphatic heterocycles. The number of esters is 1. The Balaban J connectivity index is 1.74. The molecule has 1 heterocycles. The average molecular weight is 349 g/mol. The van der Waals surface area contributed by atoms with Gasteiger partial charge in [0.2, 0.25) is 11.8 Å². The average Bonchev–Trinajstić information content (AvgIpc) is 3.36. The van der Waals surface area contributed by atoms with E-state index >= 15 is 0 Å². The summed E-state index contributed by atoms with van der Waals surface area (Å²) in [6.07, 6.45) is 3.08. The highest BCUT2D eigenvalue weighted by molar-refractivity contribution is 6.30. The van der Waals surface area contributed by atoms with Crippen LogP contribution in [0, 0.1) is 0 Å². The van der Waals surface area contributed by atoms with Crippen molar-refractivity contribution in [3.63, 3.8) is 0 Å². The number of aromatic nitrogens is 1. The Morgan fingerprint density at radius 2 is 2.08 bits per heavy atom. The van der Waals surface area contributed by atoms with Crippen molar-refractivity contribution >= 4 is 23.5 Å². The van der Waals surface area contributed by atoms with Gasteiger partial charge < -0.3 is 14.1 Å². The van der Waals surface area contributed by atoms with Gasteiger partial charge in [0.25, 0.3) is 0 Å². The van der Waals surface area contributed by atoms with Gasteiger partial charge in [-0.25, -0.2) is 9.78 Å². The molecule has 1 amide bonds. The van der Waals surface area contributed by atoms with Crippen LogP contribution in [0.15, 0.2) is 41.0 Å². The van der Waals surface area contributed by atoms with Crippen molar-refractivity contribution in [3.8, 4) is 0 Å². The predicted molar refractivity (Wildman–Crippen MR) is 86.5 cm³/mol. The Morgan fingerprint density at radius 1 is 1.38 bits per heavy atom. The van der Waals surface area contributed by atoms with E-state index in [-0.39, 0.29) is 30.1 Å². The molecule has 7 heteroatoms. The lowest BCUT2D eigenvalue weighted by Gasteiger charge is -2.23. The van der Waals surface area contributed by atoms with Gasteiger partial charge in [0.1, 0.15) is 11.6 Å². The van der Waals surface area contributed by atoms with Crippen molar-refractivity contribution in [2.45, 2.75) is 30.8 Å². The first-order valence-corrected chi connectivity index (χ1v) is 8.06. The summed E-state index contributed by atoms with van der Waals surface area (Å²) in [6.45, 7) is 0.177. The van der Waals surface area contributed by atoms with Gasteiger partial charge in [-0.05, 0) is 18.4 Å². The van der Waals surface area contributed by atoms with Gasteiger partial charge >= 0.3 is 5.97 Å². The smallest absolute Gasteiger partial charge is 0.360 e. The lowest BCUT2D eigenvalue weighted by atomic mass is 10.1. The van der Waals surface area contributed by atoms with Crippen molar-refractivity contribution in [1.82, 2.24) is 9.88 Å². The summed E-state index contributed by atoms with van der Waals surface area (Å²) in [5.74, 6) is -0.482. The molecule has 1 aliphatic rings. The first-order chi connectivity index (χ1) is 11.6. The number of carbonyl (C=O) groups is 2. The first kappa shape index (κ1) is 16.5. The summed E-state index contributed by atoms with van der Waals surface area (Å²) in [4.78, 5) is 29.9. The highest BCUT2D eigenvalue weighted by Gasteiger charge is 2.36. The number of methoxy groups -OCH3 is 1. The molecule has 1 unspecified atom stereocenters. The minimum atomic E-state index is -0.762. The topological polar surface area (TPSA) is 72.6 Å². The monoisotopic (exact) mass is 348 g/mol. The first-order valence-electron chi connectivity index (χ1n) is 7.62. The summed E-state index contributed by atoms with van der Waals surface area (Å²) >= 11 is 6.35. The molecule has 0 N–H and O–H groups in total. The van der Waals surface area contributed by atoms with Crippen molar-refractivity contribution in [3.05, 3.63) is 53.7 Å². The summed E-state index contributed by atoms with van der Waals surface area (Å²) in [7, 11) is 1.27. The Morgan fingerprint density at radius 3 is 2.71 bits per heavy atom. The van der Waals surface area contributed by atoms with E-state index in [4.69, 9.17) is 16.0 Å². The Kier molecular flexibility index (Phi) is 4.85. The van der Waals surface area contributed by atoms with Crippen molar-refractivity contribution < 1.29 is 18.7 Å². The third-order valence-corrected chi connectivity index (χ3v) is 4.27. The molecule has 1 fully saturated rings. The van der Waals surface area contributed by atoms with Gasteiger partial charge in [0.05, 0.1) is 13.7 Å². The van der Waals surface area contributed by atoms with E-state index in [2.05, 4.69) is 9.72 Å². The maximum atomic E-state index is 12.8. The molecule has 0 radical (unpaired) electrons. The fourth-order valence-corrected chi connectivity index (χ4v) is 2.68. The molecule has 6 nitrogen and oxygen atoms in total. The van der Waals surface area contributed by atoms with E-state index in [9.17, 15) is 9.59 Å². The second-order valence-electron chi connectivity index (χ2n) is 5.59. The summed E-state index contributed by atoms with van der Waals surface area (Å²) < 4.78 is 9.88. The summed E-state index contributed by atoms with van der Waals surface area (Å²) in [6, 6.07) is 9.34. The van der Waals surface area contributed by atoms with Crippen LogP contribution in [-0.2, 0) is 16.1 Å². The van der Waals surface area contributed by atoms with Gasteiger partial charge in [-0.3, -0.25) is 4.79 Å². The SMILES string of the molecule is COC(=O)c1coc(CN(C(=O)C(Cl)c2ccccc2)C2CC2)n1. The molecule has 24 heavy (non-hydrogen) atoms. The van der Waals surface area contributed by atoms with Gasteiger partial charge in [0.15, 0.2) is 5.69 Å². The molecule has 0 saturated heterocycles. The molecular formula is C17H17ClN2O4. The third-order valence-electron chi connectivity index (χ3n) is 3.83. The molecule has 1 saturated carbocycles. The number of carbonyl (C=O) groups excluding carboxylic acids is 2. The van der Waals surface area contributed by atoms with Crippen LogP contribution in [0.1, 0.15) is 40.2 Å². The van der Waals surface area contributed by atoms with E-state index in [0.29, 0.717) is 0 Å². The van der Waals surface area contributed by atoms with E-state index in [1.807, 2.05) is 30.3 Å². The third kappa shape index (κ3) is 3.59. The van der Waals surface area contributed by atoms with E-state index in [1.54, 1.807) is 4.90 Å². The number of alkyl halides is 1. The highest BCUT2D eigenvalue weighted by Crippen LogP contribution is 2.33. The molecule has 3 rings (SSSR count). The van der Waals surface area contributed by atoms with Crippen LogP contribution in [-0.4, -0.2) is 34.9 Å². The molecule has 0 bridgehead atoms. The van der Waals surface area contributed by atoms with Gasteiger partial charge in [0, 0.05) is 6.04 Å². The maximum Gasteiger partial charge on any atom is 0.360 e. The molecule has 1 aromatic heterocycles. The lowest BCUT2D eigenvalue weighted by molar-refractivity contribution is -0.132. The van der Waals surface area contributed by atoms with Gasteiger partial charge in [-0.1, -0.05) is 30.3 Å². The molecule has 126 valence electrons.